The Morgan fingerprint density at radius 3 is 2.65 bits per heavy atom. The number of thiazole rings is 1. The highest BCUT2D eigenvalue weighted by Gasteiger charge is 2.14. The van der Waals surface area contributed by atoms with E-state index in [-0.39, 0.29) is 6.04 Å². The molecule has 0 aliphatic rings. The molecule has 2 aromatic rings. The fraction of sp³-hybridized carbons (Fsp3) is 0.562. The summed E-state index contributed by atoms with van der Waals surface area (Å²) in [5, 5.41) is 12.3. The molecule has 0 bridgehead atoms. The van der Waals surface area contributed by atoms with E-state index in [1.54, 1.807) is 18.4 Å². The first-order valence-corrected chi connectivity index (χ1v) is 8.60. The molecule has 2 aromatic heterocycles. The molecule has 1 atom stereocenters. The van der Waals surface area contributed by atoms with E-state index in [2.05, 4.69) is 53.4 Å². The molecule has 6 nitrogen and oxygen atoms in total. The van der Waals surface area contributed by atoms with Gasteiger partial charge in [0.05, 0.1) is 12.2 Å². The monoisotopic (exact) mass is 334 g/mol. The summed E-state index contributed by atoms with van der Waals surface area (Å²) in [6.45, 7) is 9.09. The Morgan fingerprint density at radius 1 is 1.39 bits per heavy atom. The molecule has 0 radical (unpaired) electrons. The van der Waals surface area contributed by atoms with Gasteiger partial charge in [-0.3, -0.25) is 9.67 Å². The number of rotatable bonds is 5. The zero-order valence-corrected chi connectivity index (χ0v) is 15.6. The maximum atomic E-state index is 4.48. The molecule has 1 unspecified atom stereocenters. The van der Waals surface area contributed by atoms with E-state index in [1.807, 2.05) is 17.9 Å². The summed E-state index contributed by atoms with van der Waals surface area (Å²) in [5.74, 6) is 0.796. The Labute approximate surface area is 142 Å². The van der Waals surface area contributed by atoms with Crippen molar-refractivity contribution in [3.8, 4) is 0 Å². The SMILES string of the molecule is CN=C(NCc1ncc(C)s1)NC(C)Cc1c(C)nn(C)c1C. The topological polar surface area (TPSA) is 67.1 Å². The second-order valence-corrected chi connectivity index (χ2v) is 7.13. The zero-order valence-electron chi connectivity index (χ0n) is 14.8. The van der Waals surface area contributed by atoms with Crippen LogP contribution in [0, 0.1) is 20.8 Å². The van der Waals surface area contributed by atoms with Gasteiger partial charge in [-0.1, -0.05) is 0 Å². The van der Waals surface area contributed by atoms with Crippen LogP contribution in [0.4, 0.5) is 0 Å². The van der Waals surface area contributed by atoms with Gasteiger partial charge < -0.3 is 10.6 Å². The summed E-state index contributed by atoms with van der Waals surface area (Å²) in [5.41, 5.74) is 3.62. The molecule has 0 aromatic carbocycles. The number of aryl methyl sites for hydroxylation is 3. The summed E-state index contributed by atoms with van der Waals surface area (Å²) < 4.78 is 1.94. The first-order valence-electron chi connectivity index (χ1n) is 7.78. The van der Waals surface area contributed by atoms with Gasteiger partial charge in [0.15, 0.2) is 5.96 Å². The van der Waals surface area contributed by atoms with Gasteiger partial charge >= 0.3 is 0 Å². The Kier molecular flexibility index (Phi) is 5.76. The molecular weight excluding hydrogens is 308 g/mol. The third-order valence-corrected chi connectivity index (χ3v) is 4.76. The first-order chi connectivity index (χ1) is 10.9. The minimum atomic E-state index is 0.265. The van der Waals surface area contributed by atoms with Crippen molar-refractivity contribution in [1.29, 1.82) is 0 Å². The number of aromatic nitrogens is 3. The normalized spacial score (nSPS) is 13.2. The lowest BCUT2D eigenvalue weighted by molar-refractivity contribution is 0.635. The number of guanidine groups is 1. The summed E-state index contributed by atoms with van der Waals surface area (Å²) in [4.78, 5) is 9.87. The average Bonchev–Trinajstić information content (AvgIpc) is 3.02. The van der Waals surface area contributed by atoms with E-state index in [0.717, 1.165) is 23.1 Å². The maximum absolute atomic E-state index is 4.48. The summed E-state index contributed by atoms with van der Waals surface area (Å²) in [7, 11) is 3.77. The van der Waals surface area contributed by atoms with E-state index >= 15 is 0 Å². The van der Waals surface area contributed by atoms with E-state index in [0.29, 0.717) is 6.54 Å². The van der Waals surface area contributed by atoms with Gasteiger partial charge in [0.25, 0.3) is 0 Å². The van der Waals surface area contributed by atoms with Crippen molar-refractivity contribution in [3.05, 3.63) is 33.0 Å². The number of nitrogens with zero attached hydrogens (tertiary/aromatic N) is 4. The number of hydrogen-bond donors (Lipinski definition) is 2. The molecule has 23 heavy (non-hydrogen) atoms. The lowest BCUT2D eigenvalue weighted by Crippen LogP contribution is -2.42. The van der Waals surface area contributed by atoms with Crippen molar-refractivity contribution in [2.75, 3.05) is 7.05 Å². The van der Waals surface area contributed by atoms with Crippen molar-refractivity contribution >= 4 is 17.3 Å². The van der Waals surface area contributed by atoms with Crippen LogP contribution in [-0.4, -0.2) is 33.8 Å². The van der Waals surface area contributed by atoms with Crippen LogP contribution in [0.3, 0.4) is 0 Å². The van der Waals surface area contributed by atoms with E-state index < -0.39 is 0 Å². The van der Waals surface area contributed by atoms with Crippen LogP contribution in [0.15, 0.2) is 11.2 Å². The van der Waals surface area contributed by atoms with Crippen molar-refractivity contribution in [2.24, 2.45) is 12.0 Å². The molecule has 126 valence electrons. The molecule has 0 saturated heterocycles. The molecule has 2 heterocycles. The van der Waals surface area contributed by atoms with Crippen LogP contribution >= 0.6 is 11.3 Å². The highest BCUT2D eigenvalue weighted by Crippen LogP contribution is 2.14. The van der Waals surface area contributed by atoms with Crippen LogP contribution in [0.2, 0.25) is 0 Å². The fourth-order valence-corrected chi connectivity index (χ4v) is 3.27. The predicted molar refractivity (Wildman–Crippen MR) is 96.0 cm³/mol. The molecule has 0 aliphatic carbocycles. The predicted octanol–water partition coefficient (Wildman–Crippen LogP) is 2.10. The number of aliphatic imine (C=N–C) groups is 1. The second-order valence-electron chi connectivity index (χ2n) is 5.81. The Bertz CT molecular complexity index is 685. The average molecular weight is 334 g/mol. The molecule has 2 rings (SSSR count). The minimum absolute atomic E-state index is 0.265. The summed E-state index contributed by atoms with van der Waals surface area (Å²) >= 11 is 1.70. The lowest BCUT2D eigenvalue weighted by atomic mass is 10.1. The largest absolute Gasteiger partial charge is 0.354 e. The van der Waals surface area contributed by atoms with Gasteiger partial charge in [0.1, 0.15) is 5.01 Å². The van der Waals surface area contributed by atoms with Gasteiger partial charge in [-0.15, -0.1) is 11.3 Å². The van der Waals surface area contributed by atoms with Gasteiger partial charge in [-0.2, -0.15) is 5.10 Å². The van der Waals surface area contributed by atoms with Gasteiger partial charge in [0, 0.05) is 36.9 Å². The zero-order chi connectivity index (χ0) is 17.0. The second kappa shape index (κ2) is 7.59. The third-order valence-electron chi connectivity index (χ3n) is 3.85. The third kappa shape index (κ3) is 4.54. The van der Waals surface area contributed by atoms with E-state index in [9.17, 15) is 0 Å². The Balaban J connectivity index is 1.90. The molecule has 0 amide bonds. The Morgan fingerprint density at radius 2 is 2.13 bits per heavy atom. The van der Waals surface area contributed by atoms with Gasteiger partial charge in [-0.05, 0) is 39.7 Å². The number of nitrogens with one attached hydrogen (secondary N) is 2. The molecule has 2 N–H and O–H groups in total. The highest BCUT2D eigenvalue weighted by atomic mass is 32.1. The highest BCUT2D eigenvalue weighted by molar-refractivity contribution is 7.11. The lowest BCUT2D eigenvalue weighted by Gasteiger charge is -2.18. The molecule has 7 heteroatoms. The molecule has 0 spiro atoms. The minimum Gasteiger partial charge on any atom is -0.354 e. The summed E-state index contributed by atoms with van der Waals surface area (Å²) in [6, 6.07) is 0.265. The van der Waals surface area contributed by atoms with Crippen molar-refractivity contribution in [3.63, 3.8) is 0 Å². The van der Waals surface area contributed by atoms with Crippen molar-refractivity contribution in [2.45, 2.75) is 46.7 Å². The van der Waals surface area contributed by atoms with Crippen LogP contribution in [0.1, 0.15) is 33.8 Å². The van der Waals surface area contributed by atoms with Crippen molar-refractivity contribution < 1.29 is 0 Å². The van der Waals surface area contributed by atoms with Crippen LogP contribution in [0.25, 0.3) is 0 Å². The van der Waals surface area contributed by atoms with E-state index in [4.69, 9.17) is 0 Å². The molecule has 0 fully saturated rings. The van der Waals surface area contributed by atoms with Crippen LogP contribution < -0.4 is 10.6 Å². The molecular formula is C16H26N6S. The van der Waals surface area contributed by atoms with Gasteiger partial charge in [-0.25, -0.2) is 4.98 Å². The smallest absolute Gasteiger partial charge is 0.191 e. The standard InChI is InChI=1S/C16H26N6S/c1-10(7-14-12(3)21-22(6)13(14)4)20-16(17-5)19-9-15-18-8-11(2)23-15/h8,10H,7,9H2,1-6H3,(H2,17,19,20). The quantitative estimate of drug-likeness (QED) is 0.649. The van der Waals surface area contributed by atoms with Gasteiger partial charge in [0.2, 0.25) is 0 Å². The van der Waals surface area contributed by atoms with E-state index in [1.165, 1.54) is 16.1 Å². The molecule has 0 aliphatic heterocycles. The fourth-order valence-electron chi connectivity index (χ4n) is 2.54. The summed E-state index contributed by atoms with van der Waals surface area (Å²) in [6.07, 6.45) is 2.82. The maximum Gasteiger partial charge on any atom is 0.191 e. The molecule has 0 saturated carbocycles. The van der Waals surface area contributed by atoms with Crippen LogP contribution in [-0.2, 0) is 20.0 Å². The first kappa shape index (κ1) is 17.5. The number of hydrogen-bond acceptors (Lipinski definition) is 4. The van der Waals surface area contributed by atoms with Crippen LogP contribution in [0.5, 0.6) is 0 Å². The van der Waals surface area contributed by atoms with Crippen molar-refractivity contribution in [1.82, 2.24) is 25.4 Å². The Hall–Kier alpha value is -1.89.